The number of benzene rings is 3. The number of hydrogen-bond donors (Lipinski definition) is 1. The average molecular weight is 509 g/mol. The first-order chi connectivity index (χ1) is 17.3. The number of rotatable bonds is 10. The van der Waals surface area contributed by atoms with E-state index in [1.165, 1.54) is 54.8 Å². The van der Waals surface area contributed by atoms with Crippen LogP contribution in [0.25, 0.3) is 0 Å². The molecule has 4 rings (SSSR count). The fourth-order valence-corrected chi connectivity index (χ4v) is 5.64. The quantitative estimate of drug-likeness (QED) is 0.330. The lowest BCUT2D eigenvalue weighted by atomic mass is 10.1. The molecule has 9 nitrogen and oxygen atoms in total. The molecule has 36 heavy (non-hydrogen) atoms. The maximum absolute atomic E-state index is 13.4. The third-order valence-electron chi connectivity index (χ3n) is 6.05. The van der Waals surface area contributed by atoms with E-state index >= 15 is 0 Å². The topological polar surface area (TPSA) is 113 Å². The van der Waals surface area contributed by atoms with Crippen molar-refractivity contribution in [3.8, 4) is 0 Å². The van der Waals surface area contributed by atoms with Crippen molar-refractivity contribution in [3.63, 3.8) is 0 Å². The molecule has 1 fully saturated rings. The van der Waals surface area contributed by atoms with E-state index in [0.717, 1.165) is 29.5 Å². The Morgan fingerprint density at radius 1 is 0.944 bits per heavy atom. The molecule has 1 N–H and O–H groups in total. The molecule has 0 bridgehead atoms. The van der Waals surface area contributed by atoms with Gasteiger partial charge in [-0.05, 0) is 61.3 Å². The van der Waals surface area contributed by atoms with Crippen LogP contribution in [0.5, 0.6) is 0 Å². The zero-order chi connectivity index (χ0) is 25.5. The second kappa shape index (κ2) is 11.3. The highest BCUT2D eigenvalue weighted by Crippen LogP contribution is 2.25. The standard InChI is InChI=1S/C26H28N4O5S/c31-26(27-18-21-7-6-8-22(17-21)19-28-15-4-5-16-28)20-29(23-11-13-24(14-12-23)30(32)33)36(34,35)25-9-2-1-3-10-25/h1-3,6-14,17H,4-5,15-16,18-20H2,(H,27,31). The third kappa shape index (κ3) is 6.27. The van der Waals surface area contributed by atoms with Gasteiger partial charge >= 0.3 is 0 Å². The van der Waals surface area contributed by atoms with E-state index < -0.39 is 27.4 Å². The highest BCUT2D eigenvalue weighted by atomic mass is 32.2. The number of anilines is 1. The molecule has 1 heterocycles. The number of likely N-dealkylation sites (tertiary alicyclic amines) is 1. The molecule has 0 aromatic heterocycles. The first kappa shape index (κ1) is 25.3. The van der Waals surface area contributed by atoms with Gasteiger partial charge in [-0.1, -0.05) is 42.5 Å². The molecule has 10 heteroatoms. The number of nitro groups is 1. The summed E-state index contributed by atoms with van der Waals surface area (Å²) in [5, 5.41) is 13.8. The summed E-state index contributed by atoms with van der Waals surface area (Å²) in [6.07, 6.45) is 2.43. The molecule has 0 aliphatic carbocycles. The molecule has 3 aromatic carbocycles. The molecular weight excluding hydrogens is 480 g/mol. The van der Waals surface area contributed by atoms with Crippen molar-refractivity contribution in [1.82, 2.24) is 10.2 Å². The van der Waals surface area contributed by atoms with Crippen LogP contribution in [0, 0.1) is 10.1 Å². The largest absolute Gasteiger partial charge is 0.350 e. The van der Waals surface area contributed by atoms with Crippen LogP contribution in [0.15, 0.2) is 83.8 Å². The van der Waals surface area contributed by atoms with Gasteiger partial charge in [-0.25, -0.2) is 8.42 Å². The Hall–Kier alpha value is -3.76. The number of hydrogen-bond acceptors (Lipinski definition) is 6. The van der Waals surface area contributed by atoms with Crippen LogP contribution in [0.1, 0.15) is 24.0 Å². The second-order valence-corrected chi connectivity index (χ2v) is 10.5. The molecule has 1 aliphatic rings. The number of carbonyl (C=O) groups is 1. The van der Waals surface area contributed by atoms with E-state index in [4.69, 9.17) is 0 Å². The number of non-ortho nitro benzene ring substituents is 1. The summed E-state index contributed by atoms with van der Waals surface area (Å²) in [5.41, 5.74) is 2.08. The normalized spacial score (nSPS) is 13.9. The maximum Gasteiger partial charge on any atom is 0.269 e. The van der Waals surface area contributed by atoms with Gasteiger partial charge in [0.05, 0.1) is 15.5 Å². The molecule has 0 spiro atoms. The number of sulfonamides is 1. The summed E-state index contributed by atoms with van der Waals surface area (Å²) in [6, 6.07) is 20.8. The van der Waals surface area contributed by atoms with Crippen molar-refractivity contribution in [2.75, 3.05) is 23.9 Å². The van der Waals surface area contributed by atoms with Crippen LogP contribution in [-0.4, -0.2) is 43.8 Å². The summed E-state index contributed by atoms with van der Waals surface area (Å²) >= 11 is 0. The van der Waals surface area contributed by atoms with E-state index in [-0.39, 0.29) is 22.8 Å². The van der Waals surface area contributed by atoms with Gasteiger partial charge in [-0.15, -0.1) is 0 Å². The molecule has 3 aromatic rings. The predicted octanol–water partition coefficient (Wildman–Crippen LogP) is 3.70. The van der Waals surface area contributed by atoms with Crippen molar-refractivity contribution in [3.05, 3.63) is 100 Å². The minimum absolute atomic E-state index is 0.0192. The van der Waals surface area contributed by atoms with E-state index in [1.807, 2.05) is 18.2 Å². The predicted molar refractivity (Wildman–Crippen MR) is 137 cm³/mol. The SMILES string of the molecule is O=C(CN(c1ccc([N+](=O)[O-])cc1)S(=O)(=O)c1ccccc1)NCc1cccc(CN2CCCC2)c1. The second-order valence-electron chi connectivity index (χ2n) is 8.68. The fourth-order valence-electron chi connectivity index (χ4n) is 4.20. The lowest BCUT2D eigenvalue weighted by Gasteiger charge is -2.24. The van der Waals surface area contributed by atoms with E-state index in [2.05, 4.69) is 16.3 Å². The van der Waals surface area contributed by atoms with Crippen LogP contribution in [0.3, 0.4) is 0 Å². The average Bonchev–Trinajstić information content (AvgIpc) is 3.40. The summed E-state index contributed by atoms with van der Waals surface area (Å²) in [7, 11) is -4.09. The molecular formula is C26H28N4O5S. The lowest BCUT2D eigenvalue weighted by molar-refractivity contribution is -0.384. The molecule has 1 amide bonds. The Balaban J connectivity index is 1.49. The maximum atomic E-state index is 13.4. The number of nitrogens with one attached hydrogen (secondary N) is 1. The van der Waals surface area contributed by atoms with Gasteiger partial charge in [0.1, 0.15) is 6.54 Å². The van der Waals surface area contributed by atoms with Crippen molar-refractivity contribution < 1.29 is 18.1 Å². The van der Waals surface area contributed by atoms with Gasteiger partial charge in [0.15, 0.2) is 0 Å². The summed E-state index contributed by atoms with van der Waals surface area (Å²) in [4.78, 5) is 25.8. The first-order valence-electron chi connectivity index (χ1n) is 11.7. The van der Waals surface area contributed by atoms with E-state index in [1.54, 1.807) is 18.2 Å². The number of carbonyl (C=O) groups excluding carboxylic acids is 1. The third-order valence-corrected chi connectivity index (χ3v) is 7.84. The van der Waals surface area contributed by atoms with Gasteiger partial charge < -0.3 is 5.32 Å². The molecule has 0 unspecified atom stereocenters. The summed E-state index contributed by atoms with van der Waals surface area (Å²) in [5.74, 6) is -0.488. The van der Waals surface area contributed by atoms with Crippen molar-refractivity contribution in [2.45, 2.75) is 30.8 Å². The van der Waals surface area contributed by atoms with Crippen LogP contribution >= 0.6 is 0 Å². The van der Waals surface area contributed by atoms with Gasteiger partial charge in [-0.2, -0.15) is 0 Å². The Morgan fingerprint density at radius 3 is 2.28 bits per heavy atom. The highest BCUT2D eigenvalue weighted by molar-refractivity contribution is 7.92. The molecule has 1 saturated heterocycles. The number of nitro benzene ring substituents is 1. The lowest BCUT2D eigenvalue weighted by Crippen LogP contribution is -2.40. The fraction of sp³-hybridized carbons (Fsp3) is 0.269. The van der Waals surface area contributed by atoms with E-state index in [9.17, 15) is 23.3 Å². The highest BCUT2D eigenvalue weighted by Gasteiger charge is 2.27. The molecule has 1 aliphatic heterocycles. The van der Waals surface area contributed by atoms with E-state index in [0.29, 0.717) is 0 Å². The van der Waals surface area contributed by atoms with Crippen LogP contribution in [0.4, 0.5) is 11.4 Å². The Morgan fingerprint density at radius 2 is 1.61 bits per heavy atom. The zero-order valence-electron chi connectivity index (χ0n) is 19.7. The zero-order valence-corrected chi connectivity index (χ0v) is 20.6. The molecule has 188 valence electrons. The van der Waals surface area contributed by atoms with Gasteiger partial charge in [0.2, 0.25) is 5.91 Å². The van der Waals surface area contributed by atoms with Crippen molar-refractivity contribution in [1.29, 1.82) is 0 Å². The van der Waals surface area contributed by atoms with Gasteiger partial charge in [0, 0.05) is 25.2 Å². The number of amides is 1. The minimum Gasteiger partial charge on any atom is -0.350 e. The smallest absolute Gasteiger partial charge is 0.269 e. The summed E-state index contributed by atoms with van der Waals surface area (Å²) in [6.45, 7) is 2.84. The van der Waals surface area contributed by atoms with Gasteiger partial charge in [0.25, 0.3) is 15.7 Å². The van der Waals surface area contributed by atoms with Gasteiger partial charge in [-0.3, -0.25) is 24.1 Å². The molecule has 0 atom stereocenters. The first-order valence-corrected chi connectivity index (χ1v) is 13.2. The molecule has 0 saturated carbocycles. The molecule has 0 radical (unpaired) electrons. The minimum atomic E-state index is -4.09. The van der Waals surface area contributed by atoms with Crippen LogP contribution in [0.2, 0.25) is 0 Å². The Labute approximate surface area is 210 Å². The number of nitrogens with zero attached hydrogens (tertiary/aromatic N) is 3. The van der Waals surface area contributed by atoms with Crippen LogP contribution < -0.4 is 9.62 Å². The van der Waals surface area contributed by atoms with Crippen LogP contribution in [-0.2, 0) is 27.9 Å². The monoisotopic (exact) mass is 508 g/mol. The van der Waals surface area contributed by atoms with Crippen molar-refractivity contribution in [2.24, 2.45) is 0 Å². The van der Waals surface area contributed by atoms with Crippen molar-refractivity contribution >= 4 is 27.3 Å². The Kier molecular flexibility index (Phi) is 7.97. The summed E-state index contributed by atoms with van der Waals surface area (Å²) < 4.78 is 27.7. The Bertz CT molecular complexity index is 1310.